The van der Waals surface area contributed by atoms with Crippen LogP contribution in [0, 0.1) is 10.1 Å². The minimum atomic E-state index is -0.430. The van der Waals surface area contributed by atoms with Gasteiger partial charge in [0.05, 0.1) is 23.3 Å². The normalized spacial score (nSPS) is 12.9. The van der Waals surface area contributed by atoms with Gasteiger partial charge in [0.1, 0.15) is 5.75 Å². The number of methoxy groups -OCH3 is 1. The van der Waals surface area contributed by atoms with Crippen molar-refractivity contribution in [2.45, 2.75) is 30.0 Å². The van der Waals surface area contributed by atoms with Crippen molar-refractivity contribution < 1.29 is 14.5 Å². The maximum atomic E-state index is 12.8. The van der Waals surface area contributed by atoms with E-state index in [-0.39, 0.29) is 22.9 Å². The summed E-state index contributed by atoms with van der Waals surface area (Å²) >= 11 is 1.46. The molecule has 26 heavy (non-hydrogen) atoms. The molecule has 0 radical (unpaired) electrons. The van der Waals surface area contributed by atoms with E-state index >= 15 is 0 Å². The average molecular weight is 374 g/mol. The van der Waals surface area contributed by atoms with Crippen LogP contribution in [-0.4, -0.2) is 35.1 Å². The number of amides is 1. The van der Waals surface area contributed by atoms with Crippen molar-refractivity contribution in [3.8, 4) is 5.75 Å². The van der Waals surface area contributed by atoms with Crippen LogP contribution >= 0.6 is 11.8 Å². The van der Waals surface area contributed by atoms with E-state index in [9.17, 15) is 14.9 Å². The largest absolute Gasteiger partial charge is 0.497 e. The van der Waals surface area contributed by atoms with Crippen molar-refractivity contribution in [2.24, 2.45) is 0 Å². The molecule has 0 aliphatic carbocycles. The second kappa shape index (κ2) is 8.71. The van der Waals surface area contributed by atoms with Gasteiger partial charge in [0.15, 0.2) is 0 Å². The second-order valence-corrected chi connectivity index (χ2v) is 7.33. The number of nitro groups is 1. The topological polar surface area (TPSA) is 72.7 Å². The van der Waals surface area contributed by atoms with Crippen LogP contribution in [0.15, 0.2) is 53.4 Å². The summed E-state index contributed by atoms with van der Waals surface area (Å²) in [6.45, 7) is 3.72. The number of rotatable bonds is 7. The Morgan fingerprint density at radius 1 is 1.19 bits per heavy atom. The number of ether oxygens (including phenoxy) is 1. The third-order valence-electron chi connectivity index (χ3n) is 4.21. The molecule has 2 rings (SSSR count). The number of benzene rings is 2. The summed E-state index contributed by atoms with van der Waals surface area (Å²) in [5.74, 6) is 0.731. The van der Waals surface area contributed by atoms with Gasteiger partial charge in [-0.2, -0.15) is 0 Å². The third kappa shape index (κ3) is 4.76. The first-order valence-electron chi connectivity index (χ1n) is 8.15. The molecule has 1 amide bonds. The smallest absolute Gasteiger partial charge is 0.269 e. The Morgan fingerprint density at radius 2 is 1.85 bits per heavy atom. The molecule has 138 valence electrons. The number of hydrogen-bond donors (Lipinski definition) is 0. The van der Waals surface area contributed by atoms with Crippen LogP contribution in [0.5, 0.6) is 5.75 Å². The van der Waals surface area contributed by atoms with Crippen LogP contribution in [0.1, 0.15) is 25.5 Å². The van der Waals surface area contributed by atoms with Crippen LogP contribution in [0.4, 0.5) is 5.69 Å². The Bertz CT molecular complexity index is 779. The lowest BCUT2D eigenvalue weighted by Gasteiger charge is -2.27. The number of nitrogens with zero attached hydrogens (tertiary/aromatic N) is 2. The fourth-order valence-corrected chi connectivity index (χ4v) is 3.48. The highest BCUT2D eigenvalue weighted by Crippen LogP contribution is 2.29. The zero-order chi connectivity index (χ0) is 19.3. The van der Waals surface area contributed by atoms with Gasteiger partial charge in [-0.15, -0.1) is 11.8 Å². The molecule has 0 aliphatic heterocycles. The summed E-state index contributed by atoms with van der Waals surface area (Å²) in [5.41, 5.74) is 0.757. The Balaban J connectivity index is 2.06. The van der Waals surface area contributed by atoms with Crippen molar-refractivity contribution in [2.75, 3.05) is 14.2 Å². The van der Waals surface area contributed by atoms with Crippen molar-refractivity contribution in [1.82, 2.24) is 4.90 Å². The van der Waals surface area contributed by atoms with Crippen LogP contribution in [-0.2, 0) is 4.79 Å². The SMILES string of the molecule is COc1ccc(SC(C)C(=O)N(C)C(C)c2cccc([N+](=O)[O-])c2)cc1. The Hall–Kier alpha value is -2.54. The van der Waals surface area contributed by atoms with Gasteiger partial charge in [-0.25, -0.2) is 0 Å². The van der Waals surface area contributed by atoms with Crippen molar-refractivity contribution >= 4 is 23.4 Å². The fourth-order valence-electron chi connectivity index (χ4n) is 2.51. The monoisotopic (exact) mass is 374 g/mol. The molecule has 2 unspecified atom stereocenters. The first kappa shape index (κ1) is 19.8. The van der Waals surface area contributed by atoms with E-state index in [2.05, 4.69) is 0 Å². The zero-order valence-electron chi connectivity index (χ0n) is 15.2. The molecule has 0 bridgehead atoms. The van der Waals surface area contributed by atoms with Crippen LogP contribution in [0.3, 0.4) is 0 Å². The summed E-state index contributed by atoms with van der Waals surface area (Å²) in [4.78, 5) is 25.9. The number of carbonyl (C=O) groups excluding carboxylic acids is 1. The van der Waals surface area contributed by atoms with Crippen LogP contribution < -0.4 is 4.74 Å². The summed E-state index contributed by atoms with van der Waals surface area (Å²) in [6, 6.07) is 13.7. The van der Waals surface area contributed by atoms with Gasteiger partial charge in [0, 0.05) is 24.1 Å². The summed E-state index contributed by atoms with van der Waals surface area (Å²) in [7, 11) is 3.33. The lowest BCUT2D eigenvalue weighted by atomic mass is 10.1. The molecule has 2 aromatic carbocycles. The highest BCUT2D eigenvalue weighted by molar-refractivity contribution is 8.00. The Morgan fingerprint density at radius 3 is 2.42 bits per heavy atom. The summed E-state index contributed by atoms with van der Waals surface area (Å²) in [6.07, 6.45) is 0. The first-order chi connectivity index (χ1) is 12.3. The second-order valence-electron chi connectivity index (χ2n) is 5.91. The van der Waals surface area contributed by atoms with Gasteiger partial charge in [-0.3, -0.25) is 14.9 Å². The van der Waals surface area contributed by atoms with Gasteiger partial charge in [-0.05, 0) is 43.7 Å². The fraction of sp³-hybridized carbons (Fsp3) is 0.316. The molecule has 0 saturated heterocycles. The lowest BCUT2D eigenvalue weighted by molar-refractivity contribution is -0.384. The molecule has 7 heteroatoms. The molecular weight excluding hydrogens is 352 g/mol. The highest BCUT2D eigenvalue weighted by Gasteiger charge is 2.24. The van der Waals surface area contributed by atoms with Gasteiger partial charge in [0.25, 0.3) is 5.69 Å². The minimum Gasteiger partial charge on any atom is -0.497 e. The number of non-ortho nitro benzene ring substituents is 1. The molecule has 0 aromatic heterocycles. The standard InChI is InChI=1S/C19H22N2O4S/c1-13(15-6-5-7-16(12-15)21(23)24)20(3)19(22)14(2)26-18-10-8-17(25-4)9-11-18/h5-14H,1-4H3. The summed E-state index contributed by atoms with van der Waals surface area (Å²) < 4.78 is 5.13. The van der Waals surface area contributed by atoms with Crippen LogP contribution in [0.2, 0.25) is 0 Å². The first-order valence-corrected chi connectivity index (χ1v) is 9.03. The predicted octanol–water partition coefficient (Wildman–Crippen LogP) is 4.30. The molecule has 0 fully saturated rings. The van der Waals surface area contributed by atoms with Gasteiger partial charge in [-0.1, -0.05) is 12.1 Å². The van der Waals surface area contributed by atoms with Crippen LogP contribution in [0.25, 0.3) is 0 Å². The Labute approximate surface area is 157 Å². The number of nitro benzene ring substituents is 1. The van der Waals surface area contributed by atoms with E-state index in [0.29, 0.717) is 0 Å². The van der Waals surface area contributed by atoms with E-state index in [1.54, 1.807) is 31.2 Å². The molecule has 0 N–H and O–H groups in total. The van der Waals surface area contributed by atoms with Crippen molar-refractivity contribution in [1.29, 1.82) is 0 Å². The lowest BCUT2D eigenvalue weighted by Crippen LogP contribution is -2.35. The number of hydrogen-bond acceptors (Lipinski definition) is 5. The van der Waals surface area contributed by atoms with Gasteiger partial charge >= 0.3 is 0 Å². The summed E-state index contributed by atoms with van der Waals surface area (Å²) in [5, 5.41) is 10.7. The Kier molecular flexibility index (Phi) is 6.63. The van der Waals surface area contributed by atoms with E-state index in [0.717, 1.165) is 16.2 Å². The molecule has 2 atom stereocenters. The van der Waals surface area contributed by atoms with Gasteiger partial charge < -0.3 is 9.64 Å². The van der Waals surface area contributed by atoms with Crippen molar-refractivity contribution in [3.05, 3.63) is 64.2 Å². The highest BCUT2D eigenvalue weighted by atomic mass is 32.2. The average Bonchev–Trinajstić information content (AvgIpc) is 2.66. The maximum Gasteiger partial charge on any atom is 0.269 e. The van der Waals surface area contributed by atoms with Crippen molar-refractivity contribution in [3.63, 3.8) is 0 Å². The van der Waals surface area contributed by atoms with E-state index < -0.39 is 4.92 Å². The van der Waals surface area contributed by atoms with E-state index in [1.165, 1.54) is 23.9 Å². The maximum absolute atomic E-state index is 12.8. The molecule has 0 heterocycles. The minimum absolute atomic E-state index is 0.0239. The quantitative estimate of drug-likeness (QED) is 0.410. The number of thioether (sulfide) groups is 1. The molecule has 0 saturated carbocycles. The number of carbonyl (C=O) groups is 1. The molecule has 0 aliphatic rings. The third-order valence-corrected chi connectivity index (χ3v) is 5.31. The molecule has 0 spiro atoms. The van der Waals surface area contributed by atoms with E-state index in [4.69, 9.17) is 4.74 Å². The van der Waals surface area contributed by atoms with E-state index in [1.807, 2.05) is 38.1 Å². The predicted molar refractivity (Wildman–Crippen MR) is 103 cm³/mol. The molecular formula is C19H22N2O4S. The zero-order valence-corrected chi connectivity index (χ0v) is 16.0. The van der Waals surface area contributed by atoms with Gasteiger partial charge in [0.2, 0.25) is 5.91 Å². The molecule has 6 nitrogen and oxygen atoms in total. The molecule has 2 aromatic rings.